The maximum Gasteiger partial charge on any atom is 0.313 e. The third kappa shape index (κ3) is 8.61. The lowest BCUT2D eigenvalue weighted by Crippen LogP contribution is -2.61. The zero-order valence-corrected chi connectivity index (χ0v) is 32.5. The van der Waals surface area contributed by atoms with Gasteiger partial charge in [0.1, 0.15) is 17.7 Å². The molecule has 12 heteroatoms. The van der Waals surface area contributed by atoms with Crippen LogP contribution in [-0.4, -0.2) is 106 Å². The standard InChI is InChI=1S/C39H56BrN3O8/c1-9-11-18-28(45)41-27(23-49-8)31(25-16-13-12-14-17-25)50-36(48)29-30-34(46)42(20-15-21-44)33(39(30)22-26(40)32(29)51-39)35(47)43(19-10-2)38(6,7)24-37(3,4)5/h9-10,12-14,16-17,26-27,29-33,44H,1-2,11,15,18-24H2,3-8H3,(H,41,45)/t26?,27-,29+,30-,31-,32+,33+,39-/m0/s1. The third-order valence-electron chi connectivity index (χ3n) is 10.1. The Kier molecular flexibility index (Phi) is 13.4. The second-order valence-corrected chi connectivity index (χ2v) is 17.0. The van der Waals surface area contributed by atoms with E-state index in [2.05, 4.69) is 55.2 Å². The fourth-order valence-electron chi connectivity index (χ4n) is 8.59. The van der Waals surface area contributed by atoms with Crippen molar-refractivity contribution in [3.05, 3.63) is 61.2 Å². The zero-order chi connectivity index (χ0) is 37.7. The van der Waals surface area contributed by atoms with Crippen LogP contribution in [0.4, 0.5) is 0 Å². The van der Waals surface area contributed by atoms with Crippen molar-refractivity contribution in [3.63, 3.8) is 0 Å². The number of halogens is 1. The summed E-state index contributed by atoms with van der Waals surface area (Å²) in [7, 11) is 1.50. The van der Waals surface area contributed by atoms with E-state index in [1.54, 1.807) is 17.1 Å². The van der Waals surface area contributed by atoms with E-state index in [-0.39, 0.29) is 67.1 Å². The lowest BCUT2D eigenvalue weighted by atomic mass is 9.70. The molecule has 0 saturated carbocycles. The summed E-state index contributed by atoms with van der Waals surface area (Å²) in [4.78, 5) is 59.9. The van der Waals surface area contributed by atoms with E-state index in [0.29, 0.717) is 24.8 Å². The molecule has 2 N–H and O–H groups in total. The Bertz CT molecular complexity index is 1430. The number of ether oxygens (including phenoxy) is 3. The van der Waals surface area contributed by atoms with Gasteiger partial charge in [0.2, 0.25) is 17.7 Å². The van der Waals surface area contributed by atoms with Crippen LogP contribution in [0, 0.1) is 17.3 Å². The van der Waals surface area contributed by atoms with Gasteiger partial charge in [0.05, 0.1) is 30.6 Å². The fourth-order valence-corrected chi connectivity index (χ4v) is 9.53. The van der Waals surface area contributed by atoms with Crippen molar-refractivity contribution < 1.29 is 38.5 Å². The van der Waals surface area contributed by atoms with Gasteiger partial charge in [-0.2, -0.15) is 0 Å². The van der Waals surface area contributed by atoms with Gasteiger partial charge in [-0.05, 0) is 50.5 Å². The highest BCUT2D eigenvalue weighted by atomic mass is 79.9. The summed E-state index contributed by atoms with van der Waals surface area (Å²) in [5, 5.41) is 12.8. The van der Waals surface area contributed by atoms with Crippen molar-refractivity contribution in [1.82, 2.24) is 15.1 Å². The molecule has 2 bridgehead atoms. The minimum absolute atomic E-state index is 0.0552. The van der Waals surface area contributed by atoms with Gasteiger partial charge in [0, 0.05) is 43.6 Å². The van der Waals surface area contributed by atoms with Crippen molar-refractivity contribution in [1.29, 1.82) is 0 Å². The van der Waals surface area contributed by atoms with Gasteiger partial charge in [-0.1, -0.05) is 79.2 Å². The number of esters is 1. The largest absolute Gasteiger partial charge is 0.455 e. The number of alkyl halides is 1. The number of fused-ring (bicyclic) bond motifs is 1. The molecule has 4 rings (SSSR count). The summed E-state index contributed by atoms with van der Waals surface area (Å²) >= 11 is 3.74. The summed E-state index contributed by atoms with van der Waals surface area (Å²) < 4.78 is 18.5. The number of carbonyl (C=O) groups excluding carboxylic acids is 4. The number of aliphatic hydroxyl groups excluding tert-OH is 1. The van der Waals surface area contributed by atoms with Crippen LogP contribution in [0.3, 0.4) is 0 Å². The SMILES string of the molecule is C=CCCC(=O)N[C@@H](COC)[C@@H](OC(=O)[C@H]1[C@@H]2O[C@@]3(CC2Br)[C@@H]1C(=O)N(CCCO)[C@@H]3C(=O)N(CC=C)C(C)(C)CC(C)(C)C)c1ccccc1. The van der Waals surface area contributed by atoms with Crippen LogP contribution in [0.25, 0.3) is 0 Å². The first-order chi connectivity index (χ1) is 24.1. The molecule has 11 nitrogen and oxygen atoms in total. The summed E-state index contributed by atoms with van der Waals surface area (Å²) in [6.45, 7) is 18.3. The van der Waals surface area contributed by atoms with E-state index in [0.717, 1.165) is 0 Å². The quantitative estimate of drug-likeness (QED) is 0.124. The topological polar surface area (TPSA) is 135 Å². The molecular formula is C39H56BrN3O8. The monoisotopic (exact) mass is 773 g/mol. The van der Waals surface area contributed by atoms with E-state index in [1.807, 2.05) is 44.2 Å². The van der Waals surface area contributed by atoms with Gasteiger partial charge in [-0.3, -0.25) is 19.2 Å². The Labute approximate surface area is 311 Å². The third-order valence-corrected chi connectivity index (χ3v) is 11.0. The Balaban J connectivity index is 1.74. The van der Waals surface area contributed by atoms with Crippen LogP contribution < -0.4 is 5.32 Å². The Hall–Kier alpha value is -3.06. The molecule has 1 spiro atoms. The number of hydrogen-bond donors (Lipinski definition) is 2. The van der Waals surface area contributed by atoms with Crippen LogP contribution in [0.1, 0.15) is 78.4 Å². The van der Waals surface area contributed by atoms with Gasteiger partial charge in [-0.15, -0.1) is 13.2 Å². The minimum atomic E-state index is -1.31. The molecule has 0 aromatic heterocycles. The first-order valence-electron chi connectivity index (χ1n) is 17.9. The Morgan fingerprint density at radius 1 is 1.18 bits per heavy atom. The zero-order valence-electron chi connectivity index (χ0n) is 30.9. The lowest BCUT2D eigenvalue weighted by Gasteiger charge is -2.45. The highest BCUT2D eigenvalue weighted by Gasteiger charge is 2.77. The highest BCUT2D eigenvalue weighted by Crippen LogP contribution is 2.60. The van der Waals surface area contributed by atoms with E-state index < -0.39 is 53.2 Å². The summed E-state index contributed by atoms with van der Waals surface area (Å²) in [6.07, 6.45) is 3.60. The van der Waals surface area contributed by atoms with Crippen LogP contribution in [0.2, 0.25) is 0 Å². The molecule has 3 saturated heterocycles. The number of likely N-dealkylation sites (tertiary alicyclic amines) is 1. The van der Waals surface area contributed by atoms with E-state index in [9.17, 15) is 24.3 Å². The number of rotatable bonds is 18. The van der Waals surface area contributed by atoms with Crippen molar-refractivity contribution in [2.24, 2.45) is 17.3 Å². The summed E-state index contributed by atoms with van der Waals surface area (Å²) in [5.41, 5.74) is -1.38. The molecule has 1 aromatic rings. The number of aliphatic hydroxyl groups is 1. The van der Waals surface area contributed by atoms with E-state index in [1.165, 1.54) is 12.0 Å². The molecule has 51 heavy (non-hydrogen) atoms. The van der Waals surface area contributed by atoms with Crippen LogP contribution in [0.15, 0.2) is 55.6 Å². The summed E-state index contributed by atoms with van der Waals surface area (Å²) in [5.74, 6) is -3.59. The first-order valence-corrected chi connectivity index (χ1v) is 18.8. The molecule has 3 heterocycles. The maximum absolute atomic E-state index is 14.9. The van der Waals surface area contributed by atoms with Gasteiger partial charge < -0.3 is 34.4 Å². The fraction of sp³-hybridized carbons (Fsp3) is 0.641. The molecule has 3 amide bonds. The normalized spacial score (nSPS) is 26.7. The predicted molar refractivity (Wildman–Crippen MR) is 198 cm³/mol. The average molecular weight is 775 g/mol. The average Bonchev–Trinajstić information content (AvgIpc) is 3.65. The van der Waals surface area contributed by atoms with Gasteiger partial charge in [0.15, 0.2) is 0 Å². The molecule has 1 unspecified atom stereocenters. The number of benzene rings is 1. The van der Waals surface area contributed by atoms with Crippen LogP contribution in [-0.2, 0) is 33.4 Å². The molecule has 3 aliphatic heterocycles. The highest BCUT2D eigenvalue weighted by molar-refractivity contribution is 9.09. The van der Waals surface area contributed by atoms with Crippen LogP contribution in [0.5, 0.6) is 0 Å². The smallest absolute Gasteiger partial charge is 0.313 e. The van der Waals surface area contributed by atoms with Crippen molar-refractivity contribution >= 4 is 39.6 Å². The molecule has 3 fully saturated rings. The number of nitrogens with one attached hydrogen (secondary N) is 1. The lowest BCUT2D eigenvalue weighted by molar-refractivity contribution is -0.163. The second kappa shape index (κ2) is 16.7. The summed E-state index contributed by atoms with van der Waals surface area (Å²) in [6, 6.07) is 7.32. The van der Waals surface area contributed by atoms with Crippen molar-refractivity contribution in [2.45, 2.75) is 107 Å². The van der Waals surface area contributed by atoms with E-state index in [4.69, 9.17) is 14.2 Å². The van der Waals surface area contributed by atoms with Crippen LogP contribution >= 0.6 is 15.9 Å². The number of carbonyl (C=O) groups is 4. The Morgan fingerprint density at radius 2 is 1.86 bits per heavy atom. The molecule has 3 aliphatic rings. The second-order valence-electron chi connectivity index (χ2n) is 15.8. The van der Waals surface area contributed by atoms with Crippen molar-refractivity contribution in [2.75, 3.05) is 33.4 Å². The molecular weight excluding hydrogens is 718 g/mol. The molecule has 8 atom stereocenters. The number of methoxy groups -OCH3 is 1. The van der Waals surface area contributed by atoms with Crippen molar-refractivity contribution in [3.8, 4) is 0 Å². The Morgan fingerprint density at radius 3 is 2.45 bits per heavy atom. The molecule has 1 aromatic carbocycles. The number of hydrogen-bond acceptors (Lipinski definition) is 8. The van der Waals surface area contributed by atoms with Gasteiger partial charge in [-0.25, -0.2) is 0 Å². The molecule has 0 aliphatic carbocycles. The maximum atomic E-state index is 14.9. The van der Waals surface area contributed by atoms with E-state index >= 15 is 0 Å². The number of amides is 3. The number of nitrogens with zero attached hydrogens (tertiary/aromatic N) is 2. The number of allylic oxidation sites excluding steroid dienone is 1. The van der Waals surface area contributed by atoms with Gasteiger partial charge in [0.25, 0.3) is 0 Å². The molecule has 282 valence electrons. The van der Waals surface area contributed by atoms with Gasteiger partial charge >= 0.3 is 5.97 Å². The molecule has 0 radical (unpaired) electrons. The first kappa shape index (κ1) is 40.7. The predicted octanol–water partition coefficient (Wildman–Crippen LogP) is 4.73. The minimum Gasteiger partial charge on any atom is -0.455 e.